The van der Waals surface area contributed by atoms with Crippen molar-refractivity contribution in [3.63, 3.8) is 0 Å². The van der Waals surface area contributed by atoms with E-state index in [1.807, 2.05) is 0 Å². The summed E-state index contributed by atoms with van der Waals surface area (Å²) in [6.45, 7) is 6.71. The average Bonchev–Trinajstić information content (AvgIpc) is 3.12. The van der Waals surface area contributed by atoms with Gasteiger partial charge in [0.2, 0.25) is 0 Å². The number of carboxylic acid groups (broad SMARTS) is 1. The third-order valence-corrected chi connectivity index (χ3v) is 10.6. The summed E-state index contributed by atoms with van der Waals surface area (Å²) in [4.78, 5) is 10.1. The summed E-state index contributed by atoms with van der Waals surface area (Å²) in [6, 6.07) is 2.71. The van der Waals surface area contributed by atoms with Gasteiger partial charge in [0.15, 0.2) is 0 Å². The molecule has 0 radical (unpaired) electrons. The van der Waals surface area contributed by atoms with Crippen LogP contribution in [0.1, 0.15) is 181 Å². The second-order valence-electron chi connectivity index (χ2n) is 15.3. The highest BCUT2D eigenvalue weighted by molar-refractivity contribution is 6.43. The molecule has 1 aromatic rings. The van der Waals surface area contributed by atoms with Crippen LogP contribution in [0.5, 0.6) is 5.75 Å². The third-order valence-electron chi connectivity index (χ3n) is 9.56. The van der Waals surface area contributed by atoms with Crippen molar-refractivity contribution in [1.82, 2.24) is 0 Å². The van der Waals surface area contributed by atoms with E-state index in [1.54, 1.807) is 0 Å². The topological polar surface area (TPSA) is 49.4 Å². The summed E-state index contributed by atoms with van der Waals surface area (Å²) in [5.74, 6) is -1.18. The van der Waals surface area contributed by atoms with Gasteiger partial charge in [-0.2, -0.15) is 0 Å². The number of carboxylic acids is 1. The Morgan fingerprint density at radius 3 is 1.36 bits per heavy atom. The molecule has 0 fully saturated rings. The molecule has 0 heterocycles. The molecule has 7 heteroatoms. The Morgan fingerprint density at radius 1 is 0.547 bits per heavy atom. The fourth-order valence-electron chi connectivity index (χ4n) is 6.18. The fourth-order valence-corrected chi connectivity index (χ4v) is 6.77. The average molecular weight is 799 g/mol. The summed E-state index contributed by atoms with van der Waals surface area (Å²) >= 11 is 17.0. The van der Waals surface area contributed by atoms with Crippen LogP contribution in [-0.2, 0) is 4.79 Å². The first-order chi connectivity index (χ1) is 25.6. The van der Waals surface area contributed by atoms with Crippen LogP contribution in [0.25, 0.3) is 0 Å². The highest BCUT2D eigenvalue weighted by Gasteiger charge is 2.13. The summed E-state index contributed by atoms with van der Waals surface area (Å²) in [7, 11) is 4.90. The van der Waals surface area contributed by atoms with Gasteiger partial charge in [-0.05, 0) is 89.5 Å². The second-order valence-corrected chi connectivity index (χ2v) is 16.5. The smallest absolute Gasteiger partial charge is 0.140 e. The Labute approximate surface area is 342 Å². The lowest BCUT2D eigenvalue weighted by atomic mass is 10.1. The number of hydrogen-bond acceptors (Lipinski definition) is 3. The number of ether oxygens (including phenoxy) is 1. The van der Waals surface area contributed by atoms with E-state index in [0.717, 1.165) is 6.42 Å². The van der Waals surface area contributed by atoms with Gasteiger partial charge in [-0.25, -0.2) is 0 Å². The summed E-state index contributed by atoms with van der Waals surface area (Å²) in [5, 5.41) is 10.8. The normalized spacial score (nSPS) is 11.9. The monoisotopic (exact) mass is 798 g/mol. The predicted octanol–water partition coefficient (Wildman–Crippen LogP) is 14.7. The predicted molar refractivity (Wildman–Crippen MR) is 233 cm³/mol. The van der Waals surface area contributed by atoms with Crippen LogP contribution in [0, 0.1) is 0 Å². The zero-order valence-corrected chi connectivity index (χ0v) is 36.7. The third kappa shape index (κ3) is 36.0. The number of allylic oxidation sites excluding steroid dienone is 6. The zero-order valence-electron chi connectivity index (χ0n) is 34.4. The molecule has 306 valence electrons. The molecule has 0 aliphatic rings. The van der Waals surface area contributed by atoms with E-state index < -0.39 is 12.6 Å². The number of carbonyl (C=O) groups is 1. The van der Waals surface area contributed by atoms with Gasteiger partial charge < -0.3 is 19.1 Å². The molecule has 4 nitrogen and oxygen atoms in total. The van der Waals surface area contributed by atoms with Crippen molar-refractivity contribution in [3.8, 4) is 5.75 Å². The van der Waals surface area contributed by atoms with Crippen molar-refractivity contribution in [2.75, 3.05) is 33.8 Å². The molecule has 53 heavy (non-hydrogen) atoms. The molecular weight excluding hydrogens is 721 g/mol. The molecule has 0 aromatic heterocycles. The lowest BCUT2D eigenvalue weighted by Gasteiger charge is -2.30. The maximum atomic E-state index is 10.1. The number of halogens is 3. The summed E-state index contributed by atoms with van der Waals surface area (Å²) in [5.41, 5.74) is 0. The Bertz CT molecular complexity index is 1090. The first-order valence-electron chi connectivity index (χ1n) is 21.4. The summed E-state index contributed by atoms with van der Waals surface area (Å²) in [6.07, 6.45) is 50.1. The van der Waals surface area contributed by atoms with Crippen LogP contribution < -0.4 is 9.84 Å². The lowest BCUT2D eigenvalue weighted by molar-refractivity contribution is -0.890. The Kier molecular flexibility index (Phi) is 36.4. The van der Waals surface area contributed by atoms with Crippen molar-refractivity contribution in [2.45, 2.75) is 181 Å². The van der Waals surface area contributed by atoms with E-state index in [0.29, 0.717) is 0 Å². The summed E-state index contributed by atoms with van der Waals surface area (Å²) < 4.78 is 6.02. The van der Waals surface area contributed by atoms with Gasteiger partial charge in [0.25, 0.3) is 0 Å². The quantitative estimate of drug-likeness (QED) is 0.0302. The van der Waals surface area contributed by atoms with Gasteiger partial charge in [0.05, 0.1) is 48.2 Å². The molecular formula is C46H78Cl3NO3. The van der Waals surface area contributed by atoms with Crippen molar-refractivity contribution in [1.29, 1.82) is 0 Å². The molecule has 0 atom stereocenters. The molecule has 0 N–H and O–H groups in total. The van der Waals surface area contributed by atoms with Crippen LogP contribution in [0.4, 0.5) is 0 Å². The highest BCUT2D eigenvalue weighted by atomic mass is 35.5. The minimum absolute atomic E-state index is 0.158. The molecule has 0 saturated heterocycles. The van der Waals surface area contributed by atoms with Crippen molar-refractivity contribution < 1.29 is 19.1 Å². The molecule has 1 aromatic carbocycles. The maximum absolute atomic E-state index is 10.1. The van der Waals surface area contributed by atoms with E-state index in [4.69, 9.17) is 39.5 Å². The highest BCUT2D eigenvalue weighted by Crippen LogP contribution is 2.33. The number of hydrogen-bond donors (Lipinski definition) is 0. The number of nitrogens with zero attached hydrogens (tertiary/aromatic N) is 1. The fraction of sp³-hybridized carbons (Fsp3) is 0.717. The lowest BCUT2D eigenvalue weighted by Crippen LogP contribution is -2.41. The van der Waals surface area contributed by atoms with Gasteiger partial charge in [-0.3, -0.25) is 0 Å². The molecule has 0 aliphatic carbocycles. The van der Waals surface area contributed by atoms with Crippen LogP contribution >= 0.6 is 34.8 Å². The number of unbranched alkanes of at least 4 members (excludes halogenated alkanes) is 21. The van der Waals surface area contributed by atoms with Gasteiger partial charge in [-0.15, -0.1) is 0 Å². The van der Waals surface area contributed by atoms with E-state index in [-0.39, 0.29) is 20.8 Å². The van der Waals surface area contributed by atoms with Gasteiger partial charge >= 0.3 is 0 Å². The zero-order chi connectivity index (χ0) is 39.3. The van der Waals surface area contributed by atoms with E-state index in [2.05, 4.69) is 64.4 Å². The molecule has 0 saturated carbocycles. The minimum atomic E-state index is -1.34. The number of aliphatic carboxylic acids is 1. The number of carbonyl (C=O) groups excluding carboxylic acids is 1. The molecule has 0 bridgehead atoms. The van der Waals surface area contributed by atoms with Crippen LogP contribution in [-0.4, -0.2) is 44.2 Å². The maximum Gasteiger partial charge on any atom is 0.140 e. The first kappa shape index (κ1) is 51.5. The van der Waals surface area contributed by atoms with E-state index in [1.165, 1.54) is 190 Å². The van der Waals surface area contributed by atoms with Crippen molar-refractivity contribution in [3.05, 3.63) is 63.7 Å². The van der Waals surface area contributed by atoms with Gasteiger partial charge in [0, 0.05) is 6.07 Å². The molecule has 0 amide bonds. The molecule has 0 aliphatic heterocycles. The van der Waals surface area contributed by atoms with Crippen LogP contribution in [0.15, 0.2) is 48.6 Å². The standard InChI is InChI=1S/C38H74N.C8H5Cl3O3/c1-5-7-9-11-13-15-17-19-21-23-25-27-29-31-33-35-37-39(3,4)38-36-34-32-30-28-26-24-22-20-18-16-14-12-10-8-6-2;9-4-1-6(11)7(2-5(4)10)14-3-8(12)13/h13,15,19-22H,5-12,14,16-18,23-38H2,1-4H3;1-2H,3H2,(H,12,13)/q+1;/p-1/b15-13-,21-19-,22-20-;. The Balaban J connectivity index is 0.00000160. The largest absolute Gasteiger partial charge is 0.546 e. The number of rotatable bonds is 34. The Morgan fingerprint density at radius 2 is 0.906 bits per heavy atom. The van der Waals surface area contributed by atoms with Gasteiger partial charge in [0.1, 0.15) is 12.4 Å². The van der Waals surface area contributed by atoms with Crippen molar-refractivity contribution >= 4 is 40.8 Å². The Hall–Kier alpha value is -1.46. The molecule has 1 rings (SSSR count). The van der Waals surface area contributed by atoms with Crippen LogP contribution in [0.3, 0.4) is 0 Å². The molecule has 0 spiro atoms. The number of benzene rings is 1. The van der Waals surface area contributed by atoms with E-state index in [9.17, 15) is 9.90 Å². The first-order valence-corrected chi connectivity index (χ1v) is 22.5. The SMILES string of the molecule is CCCCC/C=C\C/C=C\CCCCCCCC[N+](C)(C)CCCCCCCC/C=C\CCCCCCCC.O=C([O-])COc1cc(Cl)c(Cl)cc1Cl. The number of quaternary nitrogens is 1. The molecule has 0 unspecified atom stereocenters. The van der Waals surface area contributed by atoms with Crippen molar-refractivity contribution in [2.24, 2.45) is 0 Å². The van der Waals surface area contributed by atoms with E-state index >= 15 is 0 Å². The van der Waals surface area contributed by atoms with Gasteiger partial charge in [-0.1, -0.05) is 169 Å². The minimum Gasteiger partial charge on any atom is -0.546 e. The second kappa shape index (κ2) is 37.5. The van der Waals surface area contributed by atoms with Crippen LogP contribution in [0.2, 0.25) is 15.1 Å².